The molecule has 0 radical (unpaired) electrons. The van der Waals surface area contributed by atoms with Crippen LogP contribution >= 0.6 is 15.9 Å². The second kappa shape index (κ2) is 4.99. The minimum atomic E-state index is 0.280. The van der Waals surface area contributed by atoms with E-state index in [2.05, 4.69) is 39.0 Å². The van der Waals surface area contributed by atoms with Gasteiger partial charge in [-0.3, -0.25) is 0 Å². The predicted octanol–water partition coefficient (Wildman–Crippen LogP) is 2.58. The van der Waals surface area contributed by atoms with Gasteiger partial charge in [0, 0.05) is 29.9 Å². The molecule has 15 heavy (non-hydrogen) atoms. The Morgan fingerprint density at radius 1 is 1.40 bits per heavy atom. The molecule has 2 nitrogen and oxygen atoms in total. The lowest BCUT2D eigenvalue weighted by Gasteiger charge is -2.31. The van der Waals surface area contributed by atoms with Gasteiger partial charge in [0.25, 0.3) is 0 Å². The van der Waals surface area contributed by atoms with Crippen LogP contribution < -0.4 is 4.90 Å². The zero-order chi connectivity index (χ0) is 10.7. The van der Waals surface area contributed by atoms with Crippen LogP contribution in [0.1, 0.15) is 18.4 Å². The molecule has 82 valence electrons. The number of aryl methyl sites for hydroxylation is 1. The fourth-order valence-electron chi connectivity index (χ4n) is 2.14. The maximum Gasteiger partial charge on any atom is 0.0447 e. The molecule has 1 aromatic rings. The largest absolute Gasteiger partial charge is 0.396 e. The van der Waals surface area contributed by atoms with Crippen LogP contribution in [0.15, 0.2) is 22.7 Å². The first kappa shape index (κ1) is 11.0. The molecular weight excluding hydrogens is 254 g/mol. The molecule has 0 amide bonds. The highest BCUT2D eigenvalue weighted by atomic mass is 79.9. The van der Waals surface area contributed by atoms with Gasteiger partial charge in [-0.05, 0) is 43.0 Å². The van der Waals surface area contributed by atoms with Gasteiger partial charge in [-0.2, -0.15) is 0 Å². The van der Waals surface area contributed by atoms with Crippen LogP contribution in [0, 0.1) is 0 Å². The minimum Gasteiger partial charge on any atom is -0.396 e. The quantitative estimate of drug-likeness (QED) is 0.912. The number of aliphatic hydroxyl groups is 1. The van der Waals surface area contributed by atoms with Gasteiger partial charge < -0.3 is 10.0 Å². The molecule has 0 aliphatic carbocycles. The zero-order valence-corrected chi connectivity index (χ0v) is 10.3. The lowest BCUT2D eigenvalue weighted by Crippen LogP contribution is -2.30. The van der Waals surface area contributed by atoms with Crippen molar-refractivity contribution in [3.8, 4) is 0 Å². The average molecular weight is 270 g/mol. The first-order valence-electron chi connectivity index (χ1n) is 5.45. The Hall–Kier alpha value is -0.540. The zero-order valence-electron chi connectivity index (χ0n) is 8.75. The number of benzene rings is 1. The van der Waals surface area contributed by atoms with E-state index in [-0.39, 0.29) is 6.61 Å². The van der Waals surface area contributed by atoms with Crippen molar-refractivity contribution in [3.63, 3.8) is 0 Å². The van der Waals surface area contributed by atoms with E-state index in [9.17, 15) is 0 Å². The van der Waals surface area contributed by atoms with E-state index in [1.807, 2.05) is 0 Å². The summed E-state index contributed by atoms with van der Waals surface area (Å²) in [6.07, 6.45) is 3.24. The van der Waals surface area contributed by atoms with Gasteiger partial charge in [-0.25, -0.2) is 0 Å². The molecule has 3 heteroatoms. The molecule has 0 unspecified atom stereocenters. The molecule has 0 saturated carbocycles. The summed E-state index contributed by atoms with van der Waals surface area (Å²) in [5.41, 5.74) is 2.77. The Morgan fingerprint density at radius 2 is 2.27 bits per heavy atom. The number of fused-ring (bicyclic) bond motifs is 1. The fraction of sp³-hybridized carbons (Fsp3) is 0.500. The first-order chi connectivity index (χ1) is 7.31. The summed E-state index contributed by atoms with van der Waals surface area (Å²) in [6, 6.07) is 6.48. The number of hydrogen-bond donors (Lipinski definition) is 1. The minimum absolute atomic E-state index is 0.280. The number of halogens is 1. The summed E-state index contributed by atoms with van der Waals surface area (Å²) >= 11 is 3.50. The van der Waals surface area contributed by atoms with Crippen LogP contribution in [0.4, 0.5) is 5.69 Å². The van der Waals surface area contributed by atoms with E-state index in [0.29, 0.717) is 0 Å². The normalized spacial score (nSPS) is 15.2. The van der Waals surface area contributed by atoms with E-state index < -0.39 is 0 Å². The van der Waals surface area contributed by atoms with Crippen molar-refractivity contribution in [1.82, 2.24) is 0 Å². The average Bonchev–Trinajstić information content (AvgIpc) is 2.25. The summed E-state index contributed by atoms with van der Waals surface area (Å²) < 4.78 is 1.16. The van der Waals surface area contributed by atoms with E-state index in [4.69, 9.17) is 5.11 Å². The smallest absolute Gasteiger partial charge is 0.0447 e. The highest BCUT2D eigenvalue weighted by Gasteiger charge is 2.15. The van der Waals surface area contributed by atoms with Crippen molar-refractivity contribution >= 4 is 21.6 Å². The van der Waals surface area contributed by atoms with Crippen LogP contribution in [-0.4, -0.2) is 24.8 Å². The SMILES string of the molecule is OCCCN1CCCc2cc(Br)ccc21. The molecule has 0 fully saturated rings. The monoisotopic (exact) mass is 269 g/mol. The third-order valence-corrected chi connectivity index (χ3v) is 3.34. The maximum absolute atomic E-state index is 8.85. The number of aliphatic hydroxyl groups excluding tert-OH is 1. The van der Waals surface area contributed by atoms with Crippen molar-refractivity contribution in [1.29, 1.82) is 0 Å². The summed E-state index contributed by atoms with van der Waals surface area (Å²) in [5.74, 6) is 0. The van der Waals surface area contributed by atoms with Crippen molar-refractivity contribution in [2.75, 3.05) is 24.6 Å². The Kier molecular flexibility index (Phi) is 3.65. The summed E-state index contributed by atoms with van der Waals surface area (Å²) in [6.45, 7) is 2.36. The number of nitrogens with zero attached hydrogens (tertiary/aromatic N) is 1. The molecule has 1 aliphatic rings. The molecule has 0 saturated heterocycles. The third-order valence-electron chi connectivity index (χ3n) is 2.84. The number of rotatable bonds is 3. The second-order valence-electron chi connectivity index (χ2n) is 3.94. The van der Waals surface area contributed by atoms with Crippen molar-refractivity contribution < 1.29 is 5.11 Å². The van der Waals surface area contributed by atoms with E-state index >= 15 is 0 Å². The van der Waals surface area contributed by atoms with Gasteiger partial charge in [0.15, 0.2) is 0 Å². The molecule has 1 N–H and O–H groups in total. The van der Waals surface area contributed by atoms with Crippen molar-refractivity contribution in [2.24, 2.45) is 0 Å². The van der Waals surface area contributed by atoms with Crippen LogP contribution in [0.3, 0.4) is 0 Å². The third kappa shape index (κ3) is 2.52. The van der Waals surface area contributed by atoms with Crippen LogP contribution in [0.2, 0.25) is 0 Å². The maximum atomic E-state index is 8.85. The van der Waals surface area contributed by atoms with Crippen LogP contribution in [0.25, 0.3) is 0 Å². The Bertz CT molecular complexity index is 340. The van der Waals surface area contributed by atoms with Crippen LogP contribution in [-0.2, 0) is 6.42 Å². The van der Waals surface area contributed by atoms with Gasteiger partial charge in [-0.1, -0.05) is 15.9 Å². The fourth-order valence-corrected chi connectivity index (χ4v) is 2.55. The summed E-state index contributed by atoms with van der Waals surface area (Å²) in [7, 11) is 0. The van der Waals surface area contributed by atoms with Gasteiger partial charge in [0.05, 0.1) is 0 Å². The first-order valence-corrected chi connectivity index (χ1v) is 6.25. The molecule has 1 aliphatic heterocycles. The summed E-state index contributed by atoms with van der Waals surface area (Å²) in [5, 5.41) is 8.85. The second-order valence-corrected chi connectivity index (χ2v) is 4.86. The van der Waals surface area contributed by atoms with Crippen molar-refractivity contribution in [3.05, 3.63) is 28.2 Å². The lowest BCUT2D eigenvalue weighted by molar-refractivity contribution is 0.289. The van der Waals surface area contributed by atoms with Gasteiger partial charge in [-0.15, -0.1) is 0 Å². The topological polar surface area (TPSA) is 23.5 Å². The summed E-state index contributed by atoms with van der Waals surface area (Å²) in [4.78, 5) is 2.38. The van der Waals surface area contributed by atoms with E-state index in [1.165, 1.54) is 24.1 Å². The van der Waals surface area contributed by atoms with Gasteiger partial charge in [0.2, 0.25) is 0 Å². The highest BCUT2D eigenvalue weighted by Crippen LogP contribution is 2.29. The standard InChI is InChI=1S/C12H16BrNO/c13-11-4-5-12-10(9-11)3-1-6-14(12)7-2-8-15/h4-5,9,15H,1-3,6-8H2. The molecule has 0 atom stereocenters. The molecule has 2 rings (SSSR count). The van der Waals surface area contributed by atoms with Gasteiger partial charge >= 0.3 is 0 Å². The Morgan fingerprint density at radius 3 is 3.07 bits per heavy atom. The molecule has 0 spiro atoms. The predicted molar refractivity (Wildman–Crippen MR) is 66.4 cm³/mol. The number of anilines is 1. The Balaban J connectivity index is 2.18. The van der Waals surface area contributed by atoms with Crippen LogP contribution in [0.5, 0.6) is 0 Å². The van der Waals surface area contributed by atoms with Crippen molar-refractivity contribution in [2.45, 2.75) is 19.3 Å². The molecular formula is C12H16BrNO. The number of hydrogen-bond acceptors (Lipinski definition) is 2. The van der Waals surface area contributed by atoms with E-state index in [1.54, 1.807) is 0 Å². The van der Waals surface area contributed by atoms with Gasteiger partial charge in [0.1, 0.15) is 0 Å². The molecule has 0 bridgehead atoms. The Labute approximate surface area is 99.0 Å². The highest BCUT2D eigenvalue weighted by molar-refractivity contribution is 9.10. The molecule has 1 aromatic carbocycles. The lowest BCUT2D eigenvalue weighted by atomic mass is 10.0. The molecule has 0 aromatic heterocycles. The molecule has 1 heterocycles. The van der Waals surface area contributed by atoms with E-state index in [0.717, 1.165) is 24.0 Å².